The number of halogens is 3. The van der Waals surface area contributed by atoms with Gasteiger partial charge in [0.15, 0.2) is 0 Å². The Bertz CT molecular complexity index is 335. The lowest BCUT2D eigenvalue weighted by Gasteiger charge is -2.14. The number of benzene rings is 1. The van der Waals surface area contributed by atoms with Gasteiger partial charge in [-0.2, -0.15) is 13.2 Å². The topological polar surface area (TPSA) is 35.2 Å². The van der Waals surface area contributed by atoms with E-state index < -0.39 is 11.7 Å². The van der Waals surface area contributed by atoms with Gasteiger partial charge in [-0.15, -0.1) is 0 Å². The first kappa shape index (κ1) is 11.8. The Morgan fingerprint density at radius 1 is 1.33 bits per heavy atom. The maximum Gasteiger partial charge on any atom is 0.416 e. The van der Waals surface area contributed by atoms with Crippen LogP contribution in [0.2, 0.25) is 0 Å². The summed E-state index contributed by atoms with van der Waals surface area (Å²) in [6.07, 6.45) is -4.37. The summed E-state index contributed by atoms with van der Waals surface area (Å²) in [6.45, 7) is 1.74. The SMILES string of the molecule is COc1cc(C(F)(F)F)cc(CN)c1C. The predicted molar refractivity (Wildman–Crippen MR) is 50.6 cm³/mol. The molecular formula is C10H12F3NO. The molecule has 1 aromatic rings. The van der Waals surface area contributed by atoms with Crippen LogP contribution in [0.15, 0.2) is 12.1 Å². The van der Waals surface area contributed by atoms with Gasteiger partial charge >= 0.3 is 6.18 Å². The van der Waals surface area contributed by atoms with Crippen LogP contribution in [-0.2, 0) is 12.7 Å². The van der Waals surface area contributed by atoms with E-state index in [1.165, 1.54) is 7.11 Å². The molecule has 0 aromatic heterocycles. The Labute approximate surface area is 85.8 Å². The summed E-state index contributed by atoms with van der Waals surface area (Å²) < 4.78 is 42.2. The standard InChI is InChI=1S/C10H12F3NO/c1-6-7(5-14)3-8(10(11,12)13)4-9(6)15-2/h3-4H,5,14H2,1-2H3. The van der Waals surface area contributed by atoms with Gasteiger partial charge in [0.2, 0.25) is 0 Å². The van der Waals surface area contributed by atoms with E-state index in [2.05, 4.69) is 0 Å². The molecule has 0 aliphatic heterocycles. The summed E-state index contributed by atoms with van der Waals surface area (Å²) in [5.41, 5.74) is 5.72. The summed E-state index contributed by atoms with van der Waals surface area (Å²) >= 11 is 0. The normalized spacial score (nSPS) is 11.6. The van der Waals surface area contributed by atoms with E-state index in [1.54, 1.807) is 6.92 Å². The molecule has 0 atom stereocenters. The van der Waals surface area contributed by atoms with E-state index in [0.29, 0.717) is 11.1 Å². The van der Waals surface area contributed by atoms with Gasteiger partial charge in [0.25, 0.3) is 0 Å². The zero-order chi connectivity index (χ0) is 11.6. The van der Waals surface area contributed by atoms with Crippen LogP contribution in [0.1, 0.15) is 16.7 Å². The summed E-state index contributed by atoms with van der Waals surface area (Å²) in [7, 11) is 1.34. The summed E-state index contributed by atoms with van der Waals surface area (Å²) in [5.74, 6) is 0.213. The highest BCUT2D eigenvalue weighted by Crippen LogP contribution is 2.34. The molecule has 0 radical (unpaired) electrons. The fourth-order valence-electron chi connectivity index (χ4n) is 1.33. The van der Waals surface area contributed by atoms with Crippen LogP contribution in [0, 0.1) is 6.92 Å². The maximum absolute atomic E-state index is 12.5. The molecule has 0 amide bonds. The Kier molecular flexibility index (Phi) is 3.24. The van der Waals surface area contributed by atoms with Crippen LogP contribution in [0.4, 0.5) is 13.2 Å². The molecule has 84 valence electrons. The summed E-state index contributed by atoms with van der Waals surface area (Å²) in [6, 6.07) is 2.03. The van der Waals surface area contributed by atoms with Crippen LogP contribution in [0.25, 0.3) is 0 Å². The average Bonchev–Trinajstić information content (AvgIpc) is 2.16. The third-order valence-corrected chi connectivity index (χ3v) is 2.23. The minimum absolute atomic E-state index is 0.0616. The van der Waals surface area contributed by atoms with Crippen molar-refractivity contribution >= 4 is 0 Å². The zero-order valence-electron chi connectivity index (χ0n) is 8.48. The van der Waals surface area contributed by atoms with Crippen molar-refractivity contribution in [1.82, 2.24) is 0 Å². The fourth-order valence-corrected chi connectivity index (χ4v) is 1.33. The smallest absolute Gasteiger partial charge is 0.416 e. The maximum atomic E-state index is 12.5. The molecule has 1 aromatic carbocycles. The number of hydrogen-bond acceptors (Lipinski definition) is 2. The van der Waals surface area contributed by atoms with Gasteiger partial charge in [-0.3, -0.25) is 0 Å². The van der Waals surface area contributed by atoms with E-state index in [9.17, 15) is 13.2 Å². The van der Waals surface area contributed by atoms with Gasteiger partial charge in [0.05, 0.1) is 12.7 Å². The van der Waals surface area contributed by atoms with Gasteiger partial charge in [-0.05, 0) is 30.2 Å². The minimum atomic E-state index is -4.37. The van der Waals surface area contributed by atoms with Gasteiger partial charge in [0.1, 0.15) is 5.75 Å². The van der Waals surface area contributed by atoms with Crippen molar-refractivity contribution in [2.75, 3.05) is 7.11 Å². The van der Waals surface area contributed by atoms with Crippen molar-refractivity contribution in [3.63, 3.8) is 0 Å². The highest BCUT2D eigenvalue weighted by molar-refractivity contribution is 5.43. The van der Waals surface area contributed by atoms with Crippen molar-refractivity contribution < 1.29 is 17.9 Å². The Balaban J connectivity index is 3.33. The van der Waals surface area contributed by atoms with Gasteiger partial charge < -0.3 is 10.5 Å². The minimum Gasteiger partial charge on any atom is -0.496 e. The molecule has 0 saturated carbocycles. The Hall–Kier alpha value is -1.23. The highest BCUT2D eigenvalue weighted by atomic mass is 19.4. The molecule has 2 nitrogen and oxygen atoms in total. The predicted octanol–water partition coefficient (Wildman–Crippen LogP) is 2.48. The van der Waals surface area contributed by atoms with Crippen molar-refractivity contribution in [3.8, 4) is 5.75 Å². The molecular weight excluding hydrogens is 207 g/mol. The van der Waals surface area contributed by atoms with Crippen LogP contribution < -0.4 is 10.5 Å². The number of alkyl halides is 3. The molecule has 0 heterocycles. The molecule has 15 heavy (non-hydrogen) atoms. The second-order valence-electron chi connectivity index (χ2n) is 3.16. The molecule has 2 N–H and O–H groups in total. The Morgan fingerprint density at radius 2 is 1.93 bits per heavy atom. The van der Waals surface area contributed by atoms with E-state index in [0.717, 1.165) is 12.1 Å². The van der Waals surface area contributed by atoms with E-state index in [4.69, 9.17) is 10.5 Å². The van der Waals surface area contributed by atoms with Crippen molar-refractivity contribution in [2.24, 2.45) is 5.73 Å². The molecule has 0 spiro atoms. The molecule has 1 rings (SSSR count). The van der Waals surface area contributed by atoms with E-state index in [1.807, 2.05) is 0 Å². The monoisotopic (exact) mass is 219 g/mol. The first-order valence-corrected chi connectivity index (χ1v) is 4.35. The number of methoxy groups -OCH3 is 1. The van der Waals surface area contributed by atoms with Crippen LogP contribution >= 0.6 is 0 Å². The summed E-state index contributed by atoms with van der Waals surface area (Å²) in [4.78, 5) is 0. The summed E-state index contributed by atoms with van der Waals surface area (Å²) in [5, 5.41) is 0. The largest absolute Gasteiger partial charge is 0.496 e. The van der Waals surface area contributed by atoms with Crippen LogP contribution in [0.3, 0.4) is 0 Å². The second-order valence-corrected chi connectivity index (χ2v) is 3.16. The molecule has 0 fully saturated rings. The van der Waals surface area contributed by atoms with Crippen LogP contribution in [0.5, 0.6) is 5.75 Å². The highest BCUT2D eigenvalue weighted by Gasteiger charge is 2.31. The third kappa shape index (κ3) is 2.41. The molecule has 5 heteroatoms. The average molecular weight is 219 g/mol. The molecule has 0 aliphatic carbocycles. The van der Waals surface area contributed by atoms with Gasteiger partial charge in [-0.1, -0.05) is 0 Å². The van der Waals surface area contributed by atoms with Crippen molar-refractivity contribution in [2.45, 2.75) is 19.6 Å². The lowest BCUT2D eigenvalue weighted by molar-refractivity contribution is -0.137. The second kappa shape index (κ2) is 4.10. The van der Waals surface area contributed by atoms with Crippen molar-refractivity contribution in [3.05, 3.63) is 28.8 Å². The first-order chi connectivity index (χ1) is 6.90. The lowest BCUT2D eigenvalue weighted by atomic mass is 10.0. The van der Waals surface area contributed by atoms with Crippen LogP contribution in [-0.4, -0.2) is 7.11 Å². The fraction of sp³-hybridized carbons (Fsp3) is 0.400. The number of hydrogen-bond donors (Lipinski definition) is 1. The van der Waals surface area contributed by atoms with E-state index in [-0.39, 0.29) is 12.3 Å². The lowest BCUT2D eigenvalue weighted by Crippen LogP contribution is -2.09. The van der Waals surface area contributed by atoms with Gasteiger partial charge in [0, 0.05) is 6.54 Å². The Morgan fingerprint density at radius 3 is 2.33 bits per heavy atom. The van der Waals surface area contributed by atoms with Crippen molar-refractivity contribution in [1.29, 1.82) is 0 Å². The molecule has 0 bridgehead atoms. The molecule has 0 unspecified atom stereocenters. The number of nitrogens with two attached hydrogens (primary N) is 1. The number of ether oxygens (including phenoxy) is 1. The molecule has 0 aliphatic rings. The zero-order valence-corrected chi connectivity index (χ0v) is 8.48. The van der Waals surface area contributed by atoms with Gasteiger partial charge in [-0.25, -0.2) is 0 Å². The third-order valence-electron chi connectivity index (χ3n) is 2.23. The quantitative estimate of drug-likeness (QED) is 0.829. The number of rotatable bonds is 2. The first-order valence-electron chi connectivity index (χ1n) is 4.35. The van der Waals surface area contributed by atoms with E-state index >= 15 is 0 Å². The molecule has 0 saturated heterocycles.